The van der Waals surface area contributed by atoms with Crippen molar-refractivity contribution >= 4 is 0 Å². The van der Waals surface area contributed by atoms with Crippen LogP contribution in [0.1, 0.15) is 13.8 Å². The van der Waals surface area contributed by atoms with Gasteiger partial charge in [-0.2, -0.15) is 0 Å². The quantitative estimate of drug-likeness (QED) is 0.587. The smallest absolute Gasteiger partial charge is 0.283 e. The molecule has 0 aromatic carbocycles. The normalized spacial score (nSPS) is 7.90. The van der Waals surface area contributed by atoms with E-state index in [-0.39, 0.29) is 0 Å². The Kier molecular flexibility index (Phi) is 4.20. The lowest BCUT2D eigenvalue weighted by atomic mass is 10.5. The highest BCUT2D eigenvalue weighted by atomic mass is 19.1. The predicted molar refractivity (Wildman–Crippen MR) is 38.4 cm³/mol. The molecule has 10 heavy (non-hydrogen) atoms. The molecular formula is C7H10FNO. The Bertz CT molecular complexity index is 231. The van der Waals surface area contributed by atoms with E-state index in [1.165, 1.54) is 12.3 Å². The Morgan fingerprint density at radius 2 is 2.10 bits per heavy atom. The number of aromatic amines is 1. The van der Waals surface area contributed by atoms with E-state index in [2.05, 4.69) is 4.98 Å². The van der Waals surface area contributed by atoms with E-state index >= 15 is 0 Å². The van der Waals surface area contributed by atoms with Crippen LogP contribution in [0, 0.1) is 5.82 Å². The van der Waals surface area contributed by atoms with Crippen LogP contribution in [0.2, 0.25) is 0 Å². The number of nitrogens with one attached hydrogen (secondary N) is 1. The second kappa shape index (κ2) is 4.73. The molecule has 1 heterocycles. The maximum absolute atomic E-state index is 12.0. The molecule has 1 aromatic rings. The summed E-state index contributed by atoms with van der Waals surface area (Å²) in [5.41, 5.74) is -0.674. The summed E-state index contributed by atoms with van der Waals surface area (Å²) in [6, 6.07) is 2.54. The molecule has 0 saturated carbocycles. The first-order chi connectivity index (χ1) is 4.80. The third kappa shape index (κ3) is 2.44. The number of aromatic nitrogens is 1. The van der Waals surface area contributed by atoms with Crippen molar-refractivity contribution in [2.75, 3.05) is 0 Å². The fraction of sp³-hybridized carbons (Fsp3) is 0.286. The molecule has 0 unspecified atom stereocenters. The van der Waals surface area contributed by atoms with Gasteiger partial charge in [0.05, 0.1) is 0 Å². The summed E-state index contributed by atoms with van der Waals surface area (Å²) < 4.78 is 12.0. The number of pyridine rings is 1. The molecule has 0 bridgehead atoms. The van der Waals surface area contributed by atoms with E-state index in [4.69, 9.17) is 0 Å². The molecule has 1 N–H and O–H groups in total. The predicted octanol–water partition coefficient (Wildman–Crippen LogP) is 1.54. The number of rotatable bonds is 0. The van der Waals surface area contributed by atoms with Gasteiger partial charge in [-0.05, 0) is 12.1 Å². The second-order valence-electron chi connectivity index (χ2n) is 1.35. The van der Waals surface area contributed by atoms with Crippen molar-refractivity contribution in [3.8, 4) is 0 Å². The van der Waals surface area contributed by atoms with Crippen molar-refractivity contribution in [2.45, 2.75) is 13.8 Å². The fourth-order valence-electron chi connectivity index (χ4n) is 0.401. The molecule has 0 saturated heterocycles. The standard InChI is InChI=1S/C5H4FNO.C2H6/c6-4-2-1-3-7-5(4)8;1-2/h1-3H,(H,7,8);1-2H3. The van der Waals surface area contributed by atoms with Crippen LogP contribution >= 0.6 is 0 Å². The number of hydrogen-bond acceptors (Lipinski definition) is 1. The summed E-state index contributed by atoms with van der Waals surface area (Å²) in [6.45, 7) is 4.00. The summed E-state index contributed by atoms with van der Waals surface area (Å²) in [4.78, 5) is 12.4. The third-order valence-corrected chi connectivity index (χ3v) is 0.770. The van der Waals surface area contributed by atoms with E-state index in [1.54, 1.807) is 0 Å². The van der Waals surface area contributed by atoms with Crippen LogP contribution in [0.25, 0.3) is 0 Å². The number of hydrogen-bond donors (Lipinski definition) is 1. The first kappa shape index (κ1) is 8.88. The van der Waals surface area contributed by atoms with Gasteiger partial charge in [0.25, 0.3) is 5.56 Å². The average molecular weight is 143 g/mol. The molecule has 0 aliphatic heterocycles. The Labute approximate surface area is 58.7 Å². The van der Waals surface area contributed by atoms with Crippen LogP contribution in [-0.2, 0) is 0 Å². The van der Waals surface area contributed by atoms with Crippen LogP contribution in [-0.4, -0.2) is 4.98 Å². The summed E-state index contributed by atoms with van der Waals surface area (Å²) in [6.07, 6.45) is 1.38. The molecule has 56 valence electrons. The van der Waals surface area contributed by atoms with E-state index < -0.39 is 11.4 Å². The van der Waals surface area contributed by atoms with Crippen molar-refractivity contribution < 1.29 is 4.39 Å². The Hall–Kier alpha value is -1.12. The van der Waals surface area contributed by atoms with E-state index in [9.17, 15) is 9.18 Å². The molecule has 0 spiro atoms. The topological polar surface area (TPSA) is 32.9 Å². The molecule has 1 aromatic heterocycles. The molecular weight excluding hydrogens is 133 g/mol. The highest BCUT2D eigenvalue weighted by Gasteiger charge is 1.89. The Morgan fingerprint density at radius 3 is 2.40 bits per heavy atom. The van der Waals surface area contributed by atoms with Gasteiger partial charge in [-0.15, -0.1) is 0 Å². The molecule has 0 aliphatic carbocycles. The summed E-state index contributed by atoms with van der Waals surface area (Å²) >= 11 is 0. The van der Waals surface area contributed by atoms with Crippen LogP contribution in [0.5, 0.6) is 0 Å². The monoisotopic (exact) mass is 143 g/mol. The Balaban J connectivity index is 0.000000371. The van der Waals surface area contributed by atoms with Gasteiger partial charge in [0.2, 0.25) is 0 Å². The lowest BCUT2D eigenvalue weighted by Crippen LogP contribution is -2.07. The van der Waals surface area contributed by atoms with Gasteiger partial charge in [-0.3, -0.25) is 4.79 Å². The average Bonchev–Trinajstić information content (AvgIpc) is 2.00. The molecule has 2 nitrogen and oxygen atoms in total. The summed E-state index contributed by atoms with van der Waals surface area (Å²) in [5.74, 6) is -0.743. The third-order valence-electron chi connectivity index (χ3n) is 0.770. The zero-order valence-corrected chi connectivity index (χ0v) is 6.02. The van der Waals surface area contributed by atoms with Crippen molar-refractivity contribution in [3.05, 3.63) is 34.5 Å². The number of halogens is 1. The second-order valence-corrected chi connectivity index (χ2v) is 1.35. The summed E-state index contributed by atoms with van der Waals surface area (Å²) in [5, 5.41) is 0. The van der Waals surface area contributed by atoms with Gasteiger partial charge in [-0.25, -0.2) is 4.39 Å². The zero-order valence-electron chi connectivity index (χ0n) is 6.02. The van der Waals surface area contributed by atoms with Crippen molar-refractivity contribution in [2.24, 2.45) is 0 Å². The summed E-state index contributed by atoms with van der Waals surface area (Å²) in [7, 11) is 0. The SMILES string of the molecule is CC.O=c1[nH]cccc1F. The largest absolute Gasteiger partial charge is 0.327 e. The van der Waals surface area contributed by atoms with Gasteiger partial charge in [0.15, 0.2) is 5.82 Å². The Morgan fingerprint density at radius 1 is 1.50 bits per heavy atom. The minimum Gasteiger partial charge on any atom is -0.327 e. The van der Waals surface area contributed by atoms with E-state index in [1.807, 2.05) is 13.8 Å². The van der Waals surface area contributed by atoms with Crippen LogP contribution < -0.4 is 5.56 Å². The molecule has 0 aliphatic rings. The van der Waals surface area contributed by atoms with Gasteiger partial charge >= 0.3 is 0 Å². The molecule has 0 fully saturated rings. The van der Waals surface area contributed by atoms with E-state index in [0.29, 0.717) is 0 Å². The van der Waals surface area contributed by atoms with Crippen LogP contribution in [0.3, 0.4) is 0 Å². The maximum Gasteiger partial charge on any atom is 0.283 e. The van der Waals surface area contributed by atoms with Gasteiger partial charge in [0.1, 0.15) is 0 Å². The molecule has 0 radical (unpaired) electrons. The minimum atomic E-state index is -0.743. The van der Waals surface area contributed by atoms with E-state index in [0.717, 1.165) is 6.07 Å². The molecule has 0 amide bonds. The lowest BCUT2D eigenvalue weighted by Gasteiger charge is -1.79. The van der Waals surface area contributed by atoms with Crippen molar-refractivity contribution in [3.63, 3.8) is 0 Å². The molecule has 0 atom stereocenters. The lowest BCUT2D eigenvalue weighted by molar-refractivity contribution is 0.608. The number of H-pyrrole nitrogens is 1. The zero-order chi connectivity index (χ0) is 7.98. The highest BCUT2D eigenvalue weighted by molar-refractivity contribution is 4.93. The van der Waals surface area contributed by atoms with Gasteiger partial charge < -0.3 is 4.98 Å². The highest BCUT2D eigenvalue weighted by Crippen LogP contribution is 1.81. The molecule has 1 rings (SSSR count). The maximum atomic E-state index is 12.0. The van der Waals surface area contributed by atoms with Crippen molar-refractivity contribution in [1.29, 1.82) is 0 Å². The fourth-order valence-corrected chi connectivity index (χ4v) is 0.401. The first-order valence-corrected chi connectivity index (χ1v) is 3.14. The molecule has 3 heteroatoms. The van der Waals surface area contributed by atoms with Crippen LogP contribution in [0.15, 0.2) is 23.1 Å². The van der Waals surface area contributed by atoms with Gasteiger partial charge in [-0.1, -0.05) is 13.8 Å². The van der Waals surface area contributed by atoms with Crippen LogP contribution in [0.4, 0.5) is 4.39 Å². The van der Waals surface area contributed by atoms with Gasteiger partial charge in [0, 0.05) is 6.20 Å². The van der Waals surface area contributed by atoms with Crippen molar-refractivity contribution in [1.82, 2.24) is 4.98 Å². The first-order valence-electron chi connectivity index (χ1n) is 3.14. The minimum absolute atomic E-state index is 0.674.